The van der Waals surface area contributed by atoms with Gasteiger partial charge >= 0.3 is 0 Å². The molecule has 5 nitrogen and oxygen atoms in total. The van der Waals surface area contributed by atoms with E-state index >= 15 is 0 Å². The number of aromatic nitrogens is 1. The standard InChI is InChI=1S/C14H27N3O2S/c1-11(2)17-10-13(8-12(17)9-15)20(18,19)16-7-6-14(3,4)5/h8,10-11,16H,6-7,9,15H2,1-5H3. The Morgan fingerprint density at radius 1 is 1.35 bits per heavy atom. The van der Waals surface area contributed by atoms with Crippen LogP contribution in [0.1, 0.15) is 52.8 Å². The lowest BCUT2D eigenvalue weighted by atomic mass is 9.93. The van der Waals surface area contributed by atoms with E-state index in [1.54, 1.807) is 12.3 Å². The summed E-state index contributed by atoms with van der Waals surface area (Å²) in [5.41, 5.74) is 6.60. The van der Waals surface area contributed by atoms with Gasteiger partial charge in [0.15, 0.2) is 0 Å². The Hall–Kier alpha value is -0.850. The molecule has 0 fully saturated rings. The normalized spacial score (nSPS) is 13.2. The zero-order valence-electron chi connectivity index (χ0n) is 13.1. The molecule has 1 rings (SSSR count). The van der Waals surface area contributed by atoms with Crippen molar-refractivity contribution in [1.29, 1.82) is 0 Å². The van der Waals surface area contributed by atoms with Crippen molar-refractivity contribution in [1.82, 2.24) is 9.29 Å². The zero-order chi connectivity index (χ0) is 15.6. The first kappa shape index (κ1) is 17.2. The molecule has 3 N–H and O–H groups in total. The molecule has 116 valence electrons. The molecule has 1 heterocycles. The molecule has 0 saturated heterocycles. The summed E-state index contributed by atoms with van der Waals surface area (Å²) < 4.78 is 29.1. The lowest BCUT2D eigenvalue weighted by Gasteiger charge is -2.17. The van der Waals surface area contributed by atoms with Gasteiger partial charge in [0, 0.05) is 31.0 Å². The number of hydrogen-bond donors (Lipinski definition) is 2. The summed E-state index contributed by atoms with van der Waals surface area (Å²) in [4.78, 5) is 0.292. The van der Waals surface area contributed by atoms with Crippen molar-refractivity contribution >= 4 is 10.0 Å². The third-order valence-electron chi connectivity index (χ3n) is 3.15. The average Bonchev–Trinajstić information content (AvgIpc) is 2.71. The lowest BCUT2D eigenvalue weighted by Crippen LogP contribution is -2.27. The summed E-state index contributed by atoms with van der Waals surface area (Å²) in [6, 6.07) is 1.84. The smallest absolute Gasteiger partial charge is 0.242 e. The van der Waals surface area contributed by atoms with E-state index in [1.165, 1.54) is 0 Å². The number of hydrogen-bond acceptors (Lipinski definition) is 3. The van der Waals surface area contributed by atoms with E-state index in [-0.39, 0.29) is 11.5 Å². The fourth-order valence-electron chi connectivity index (χ4n) is 1.93. The Bertz CT molecular complexity index is 539. The molecule has 0 aliphatic heterocycles. The molecule has 6 heteroatoms. The van der Waals surface area contributed by atoms with Crippen molar-refractivity contribution in [3.05, 3.63) is 18.0 Å². The maximum atomic E-state index is 12.3. The van der Waals surface area contributed by atoms with Gasteiger partial charge in [0.1, 0.15) is 0 Å². The minimum atomic E-state index is -3.45. The van der Waals surface area contributed by atoms with Crippen LogP contribution in [0.5, 0.6) is 0 Å². The van der Waals surface area contributed by atoms with Crippen LogP contribution in [0.4, 0.5) is 0 Å². The topological polar surface area (TPSA) is 77.1 Å². The molecule has 1 aromatic rings. The van der Waals surface area contributed by atoms with Crippen LogP contribution in [-0.4, -0.2) is 19.5 Å². The Morgan fingerprint density at radius 2 is 1.95 bits per heavy atom. The number of rotatable bonds is 6. The predicted molar refractivity (Wildman–Crippen MR) is 82.0 cm³/mol. The summed E-state index contributed by atoms with van der Waals surface area (Å²) in [7, 11) is -3.45. The first-order chi connectivity index (χ1) is 9.07. The molecule has 0 unspecified atom stereocenters. The van der Waals surface area contributed by atoms with Crippen LogP contribution in [0.15, 0.2) is 17.2 Å². The van der Waals surface area contributed by atoms with Gasteiger partial charge < -0.3 is 10.3 Å². The van der Waals surface area contributed by atoms with E-state index in [0.29, 0.717) is 18.0 Å². The van der Waals surface area contributed by atoms with E-state index in [1.807, 2.05) is 18.4 Å². The minimum absolute atomic E-state index is 0.106. The van der Waals surface area contributed by atoms with Crippen LogP contribution >= 0.6 is 0 Å². The third kappa shape index (κ3) is 4.61. The van der Waals surface area contributed by atoms with E-state index in [2.05, 4.69) is 25.5 Å². The summed E-state index contributed by atoms with van der Waals surface area (Å²) in [6.07, 6.45) is 2.45. The Labute approximate surface area is 122 Å². The summed E-state index contributed by atoms with van der Waals surface area (Å²) in [5.74, 6) is 0. The molecule has 0 bridgehead atoms. The highest BCUT2D eigenvalue weighted by Gasteiger charge is 2.19. The fraction of sp³-hybridized carbons (Fsp3) is 0.714. The molecule has 0 atom stereocenters. The van der Waals surface area contributed by atoms with Crippen molar-refractivity contribution in [3.63, 3.8) is 0 Å². The monoisotopic (exact) mass is 301 g/mol. The van der Waals surface area contributed by atoms with Gasteiger partial charge in [-0.25, -0.2) is 13.1 Å². The first-order valence-corrected chi connectivity index (χ1v) is 8.45. The van der Waals surface area contributed by atoms with E-state index < -0.39 is 10.0 Å². The van der Waals surface area contributed by atoms with Crippen molar-refractivity contribution in [2.45, 2.75) is 58.5 Å². The first-order valence-electron chi connectivity index (χ1n) is 6.97. The molecule has 0 aromatic carbocycles. The van der Waals surface area contributed by atoms with Gasteiger partial charge in [-0.1, -0.05) is 20.8 Å². The molecule has 0 radical (unpaired) electrons. The zero-order valence-corrected chi connectivity index (χ0v) is 13.9. The molecular formula is C14H27N3O2S. The van der Waals surface area contributed by atoms with Crippen LogP contribution < -0.4 is 10.5 Å². The van der Waals surface area contributed by atoms with Gasteiger partial charge in [-0.3, -0.25) is 0 Å². The Balaban J connectivity index is 2.88. The maximum Gasteiger partial charge on any atom is 0.242 e. The highest BCUT2D eigenvalue weighted by Crippen LogP contribution is 2.20. The van der Waals surface area contributed by atoms with Crippen LogP contribution in [-0.2, 0) is 16.6 Å². The van der Waals surface area contributed by atoms with E-state index in [9.17, 15) is 8.42 Å². The molecular weight excluding hydrogens is 274 g/mol. The van der Waals surface area contributed by atoms with Gasteiger partial charge in [0.25, 0.3) is 0 Å². The minimum Gasteiger partial charge on any atom is -0.346 e. The van der Waals surface area contributed by atoms with Crippen molar-refractivity contribution < 1.29 is 8.42 Å². The summed E-state index contributed by atoms with van der Waals surface area (Å²) >= 11 is 0. The predicted octanol–water partition coefficient (Wildman–Crippen LogP) is 2.24. The summed E-state index contributed by atoms with van der Waals surface area (Å²) in [6.45, 7) is 11.0. The third-order valence-corrected chi connectivity index (χ3v) is 4.58. The number of nitrogens with zero attached hydrogens (tertiary/aromatic N) is 1. The van der Waals surface area contributed by atoms with Crippen LogP contribution in [0, 0.1) is 5.41 Å². The van der Waals surface area contributed by atoms with Crippen LogP contribution in [0.3, 0.4) is 0 Å². The molecule has 0 aliphatic rings. The van der Waals surface area contributed by atoms with Gasteiger partial charge in [-0.15, -0.1) is 0 Å². The molecule has 0 spiro atoms. The average molecular weight is 301 g/mol. The highest BCUT2D eigenvalue weighted by molar-refractivity contribution is 7.89. The van der Waals surface area contributed by atoms with Crippen LogP contribution in [0.25, 0.3) is 0 Å². The Kier molecular flexibility index (Phi) is 5.40. The van der Waals surface area contributed by atoms with Gasteiger partial charge in [0.05, 0.1) is 4.90 Å². The molecule has 20 heavy (non-hydrogen) atoms. The molecule has 1 aromatic heterocycles. The second-order valence-electron chi connectivity index (χ2n) is 6.58. The second kappa shape index (κ2) is 6.28. The molecule has 0 amide bonds. The largest absolute Gasteiger partial charge is 0.346 e. The van der Waals surface area contributed by atoms with E-state index in [0.717, 1.165) is 12.1 Å². The van der Waals surface area contributed by atoms with E-state index in [4.69, 9.17) is 5.73 Å². The lowest BCUT2D eigenvalue weighted by molar-refractivity contribution is 0.378. The second-order valence-corrected chi connectivity index (χ2v) is 8.35. The van der Waals surface area contributed by atoms with Crippen molar-refractivity contribution in [2.75, 3.05) is 6.54 Å². The number of nitrogens with two attached hydrogens (primary N) is 1. The number of sulfonamides is 1. The maximum absolute atomic E-state index is 12.3. The van der Waals surface area contributed by atoms with Crippen molar-refractivity contribution in [2.24, 2.45) is 11.1 Å². The van der Waals surface area contributed by atoms with Gasteiger partial charge in [0.2, 0.25) is 10.0 Å². The Morgan fingerprint density at radius 3 is 2.35 bits per heavy atom. The molecule has 0 saturated carbocycles. The fourth-order valence-corrected chi connectivity index (χ4v) is 3.01. The SMILES string of the molecule is CC(C)n1cc(S(=O)(=O)NCCC(C)(C)C)cc1CN. The molecule has 0 aliphatic carbocycles. The van der Waals surface area contributed by atoms with Gasteiger partial charge in [-0.05, 0) is 31.7 Å². The van der Waals surface area contributed by atoms with Crippen molar-refractivity contribution in [3.8, 4) is 0 Å². The van der Waals surface area contributed by atoms with Gasteiger partial charge in [-0.2, -0.15) is 0 Å². The van der Waals surface area contributed by atoms with Crippen LogP contribution in [0.2, 0.25) is 0 Å². The number of nitrogens with one attached hydrogen (secondary N) is 1. The highest BCUT2D eigenvalue weighted by atomic mass is 32.2. The summed E-state index contributed by atoms with van der Waals surface area (Å²) in [5, 5.41) is 0. The quantitative estimate of drug-likeness (QED) is 0.846.